The van der Waals surface area contributed by atoms with Crippen molar-refractivity contribution in [3.63, 3.8) is 0 Å². The first-order chi connectivity index (χ1) is 11.6. The van der Waals surface area contributed by atoms with Gasteiger partial charge in [0.1, 0.15) is 6.61 Å². The highest BCUT2D eigenvalue weighted by Gasteiger charge is 2.12. The number of methoxy groups -OCH3 is 1. The summed E-state index contributed by atoms with van der Waals surface area (Å²) in [6, 6.07) is 6.76. The van der Waals surface area contributed by atoms with Gasteiger partial charge < -0.3 is 14.8 Å². The number of carbonyl (C=O) groups excluding carboxylic acids is 2. The van der Waals surface area contributed by atoms with Crippen molar-refractivity contribution in [1.82, 2.24) is 5.32 Å². The fourth-order valence-electron chi connectivity index (χ4n) is 2.00. The fourth-order valence-corrected chi connectivity index (χ4v) is 2.00. The number of amides is 1. The first kappa shape index (κ1) is 19.3. The lowest BCUT2D eigenvalue weighted by atomic mass is 10.0. The first-order valence-corrected chi connectivity index (χ1v) is 7.69. The molecule has 1 unspecified atom stereocenters. The number of unbranched alkanes of at least 4 members (excludes halogenated alkanes) is 1. The van der Waals surface area contributed by atoms with E-state index in [1.807, 2.05) is 6.92 Å². The molecule has 0 aliphatic heterocycles. The normalized spacial score (nSPS) is 11.1. The molecule has 0 aliphatic carbocycles. The van der Waals surface area contributed by atoms with E-state index in [9.17, 15) is 9.59 Å². The van der Waals surface area contributed by atoms with Crippen molar-refractivity contribution in [3.05, 3.63) is 40.3 Å². The Balaban J connectivity index is 2.16. The standard InChI is InChI=1S/C16H22N4O4/c1-12(15(21)23-2)5-3-4-10-18-16(22)24-11-13-6-8-14(9-7-13)19-20-17/h6-9,12H,3-5,10-11H2,1-2H3,(H,18,22). The molecule has 1 atom stereocenters. The summed E-state index contributed by atoms with van der Waals surface area (Å²) in [6.45, 7) is 2.45. The van der Waals surface area contributed by atoms with Gasteiger partial charge in [-0.05, 0) is 23.9 Å². The average Bonchev–Trinajstić information content (AvgIpc) is 2.60. The van der Waals surface area contributed by atoms with Crippen molar-refractivity contribution in [1.29, 1.82) is 0 Å². The highest BCUT2D eigenvalue weighted by molar-refractivity contribution is 5.71. The summed E-state index contributed by atoms with van der Waals surface area (Å²) in [6.07, 6.45) is 1.81. The van der Waals surface area contributed by atoms with E-state index in [0.29, 0.717) is 12.2 Å². The van der Waals surface area contributed by atoms with E-state index >= 15 is 0 Å². The number of benzene rings is 1. The summed E-state index contributed by atoms with van der Waals surface area (Å²) >= 11 is 0. The predicted octanol–water partition coefficient (Wildman–Crippen LogP) is 3.83. The maximum absolute atomic E-state index is 11.6. The van der Waals surface area contributed by atoms with Crippen LogP contribution in [0.1, 0.15) is 31.7 Å². The molecular weight excluding hydrogens is 312 g/mol. The van der Waals surface area contributed by atoms with Crippen LogP contribution in [0.25, 0.3) is 10.4 Å². The number of carbonyl (C=O) groups is 2. The number of ether oxygens (including phenoxy) is 2. The third-order valence-corrected chi connectivity index (χ3v) is 3.40. The molecule has 1 aromatic carbocycles. The summed E-state index contributed by atoms with van der Waals surface area (Å²) in [5.41, 5.74) is 9.62. The topological polar surface area (TPSA) is 113 Å². The van der Waals surface area contributed by atoms with E-state index in [0.717, 1.165) is 24.8 Å². The molecule has 0 radical (unpaired) electrons. The minimum atomic E-state index is -0.491. The van der Waals surface area contributed by atoms with E-state index in [1.54, 1.807) is 24.3 Å². The summed E-state index contributed by atoms with van der Waals surface area (Å²) in [4.78, 5) is 25.5. The fraction of sp³-hybridized carbons (Fsp3) is 0.500. The van der Waals surface area contributed by atoms with Gasteiger partial charge in [0, 0.05) is 17.1 Å². The summed E-state index contributed by atoms with van der Waals surface area (Å²) in [5, 5.41) is 6.12. The first-order valence-electron chi connectivity index (χ1n) is 7.69. The van der Waals surface area contributed by atoms with Crippen LogP contribution in [0.5, 0.6) is 0 Å². The van der Waals surface area contributed by atoms with Gasteiger partial charge in [0.15, 0.2) is 0 Å². The highest BCUT2D eigenvalue weighted by Crippen LogP contribution is 2.13. The van der Waals surface area contributed by atoms with E-state index < -0.39 is 6.09 Å². The Morgan fingerprint density at radius 1 is 1.29 bits per heavy atom. The molecule has 0 aromatic heterocycles. The predicted molar refractivity (Wildman–Crippen MR) is 88.5 cm³/mol. The van der Waals surface area contributed by atoms with Gasteiger partial charge >= 0.3 is 12.1 Å². The van der Waals surface area contributed by atoms with Crippen LogP contribution in [0.2, 0.25) is 0 Å². The van der Waals surface area contributed by atoms with Crippen molar-refractivity contribution in [2.24, 2.45) is 11.0 Å². The van der Waals surface area contributed by atoms with Crippen molar-refractivity contribution in [2.45, 2.75) is 32.8 Å². The van der Waals surface area contributed by atoms with Gasteiger partial charge in [-0.25, -0.2) is 4.79 Å². The molecule has 0 aliphatic rings. The zero-order chi connectivity index (χ0) is 17.8. The Bertz CT molecular complexity index is 582. The monoisotopic (exact) mass is 334 g/mol. The smallest absolute Gasteiger partial charge is 0.407 e. The number of alkyl carbamates (subject to hydrolysis) is 1. The SMILES string of the molecule is COC(=O)C(C)CCCCNC(=O)OCc1ccc(N=[N+]=[N-])cc1. The van der Waals surface area contributed by atoms with Crippen LogP contribution < -0.4 is 5.32 Å². The molecular formula is C16H22N4O4. The summed E-state index contributed by atoms with van der Waals surface area (Å²) in [5.74, 6) is -0.343. The van der Waals surface area contributed by atoms with Gasteiger partial charge in [0.25, 0.3) is 0 Å². The van der Waals surface area contributed by atoms with E-state index in [1.165, 1.54) is 7.11 Å². The lowest BCUT2D eigenvalue weighted by Gasteiger charge is -2.09. The zero-order valence-electron chi connectivity index (χ0n) is 13.9. The molecule has 24 heavy (non-hydrogen) atoms. The Hall–Kier alpha value is -2.73. The van der Waals surface area contributed by atoms with Crippen LogP contribution >= 0.6 is 0 Å². The van der Waals surface area contributed by atoms with Crippen LogP contribution in [-0.2, 0) is 20.9 Å². The van der Waals surface area contributed by atoms with Crippen molar-refractivity contribution < 1.29 is 19.1 Å². The van der Waals surface area contributed by atoms with Gasteiger partial charge in [-0.2, -0.15) is 0 Å². The van der Waals surface area contributed by atoms with E-state index in [4.69, 9.17) is 10.3 Å². The number of esters is 1. The lowest BCUT2D eigenvalue weighted by Crippen LogP contribution is -2.25. The molecule has 130 valence electrons. The number of hydrogen-bond acceptors (Lipinski definition) is 5. The van der Waals surface area contributed by atoms with Crippen molar-refractivity contribution in [3.8, 4) is 0 Å². The van der Waals surface area contributed by atoms with Crippen LogP contribution in [0.3, 0.4) is 0 Å². The average molecular weight is 334 g/mol. The summed E-state index contributed by atoms with van der Waals surface area (Å²) in [7, 11) is 1.38. The molecule has 0 saturated heterocycles. The largest absolute Gasteiger partial charge is 0.469 e. The molecule has 8 nitrogen and oxygen atoms in total. The third kappa shape index (κ3) is 7.51. The number of hydrogen-bond donors (Lipinski definition) is 1. The second kappa shape index (κ2) is 10.9. The molecule has 8 heteroatoms. The van der Waals surface area contributed by atoms with Gasteiger partial charge in [-0.1, -0.05) is 42.7 Å². The molecule has 0 fully saturated rings. The molecule has 0 saturated carbocycles. The van der Waals surface area contributed by atoms with Gasteiger partial charge in [-0.3, -0.25) is 4.79 Å². The molecule has 1 rings (SSSR count). The quantitative estimate of drug-likeness (QED) is 0.243. The van der Waals surface area contributed by atoms with Gasteiger partial charge in [0.2, 0.25) is 0 Å². The highest BCUT2D eigenvalue weighted by atomic mass is 16.5. The Morgan fingerprint density at radius 3 is 2.62 bits per heavy atom. The number of nitrogens with one attached hydrogen (secondary N) is 1. The van der Waals surface area contributed by atoms with Gasteiger partial charge in [-0.15, -0.1) is 0 Å². The molecule has 0 spiro atoms. The van der Waals surface area contributed by atoms with Crippen molar-refractivity contribution >= 4 is 17.7 Å². The van der Waals surface area contributed by atoms with Crippen LogP contribution in [0.4, 0.5) is 10.5 Å². The lowest BCUT2D eigenvalue weighted by molar-refractivity contribution is -0.145. The molecule has 0 bridgehead atoms. The molecule has 1 aromatic rings. The van der Waals surface area contributed by atoms with Crippen LogP contribution in [0, 0.1) is 5.92 Å². The van der Waals surface area contributed by atoms with Crippen molar-refractivity contribution in [2.75, 3.05) is 13.7 Å². The molecule has 1 amide bonds. The third-order valence-electron chi connectivity index (χ3n) is 3.40. The summed E-state index contributed by atoms with van der Waals surface area (Å²) < 4.78 is 9.73. The van der Waals surface area contributed by atoms with Crippen LogP contribution in [-0.4, -0.2) is 25.7 Å². The number of azide groups is 1. The second-order valence-corrected chi connectivity index (χ2v) is 5.28. The Morgan fingerprint density at radius 2 is 2.00 bits per heavy atom. The second-order valence-electron chi connectivity index (χ2n) is 5.28. The minimum Gasteiger partial charge on any atom is -0.469 e. The van der Waals surface area contributed by atoms with E-state index in [2.05, 4.69) is 20.1 Å². The number of rotatable bonds is 9. The van der Waals surface area contributed by atoms with E-state index in [-0.39, 0.29) is 18.5 Å². The molecule has 0 heterocycles. The minimum absolute atomic E-state index is 0.129. The zero-order valence-corrected chi connectivity index (χ0v) is 13.9. The maximum Gasteiger partial charge on any atom is 0.407 e. The maximum atomic E-state index is 11.6. The molecule has 1 N–H and O–H groups in total. The number of nitrogens with zero attached hydrogens (tertiary/aromatic N) is 3. The Kier molecular flexibility index (Phi) is 8.78. The van der Waals surface area contributed by atoms with Crippen LogP contribution in [0.15, 0.2) is 29.4 Å². The Labute approximate surface area is 140 Å². The van der Waals surface area contributed by atoms with Gasteiger partial charge in [0.05, 0.1) is 13.0 Å².